The van der Waals surface area contributed by atoms with Gasteiger partial charge in [0.05, 0.1) is 20.1 Å². The van der Waals surface area contributed by atoms with E-state index < -0.39 is 0 Å². The Bertz CT molecular complexity index is 428. The first kappa shape index (κ1) is 15.0. The summed E-state index contributed by atoms with van der Waals surface area (Å²) in [5.41, 5.74) is 0.528. The Morgan fingerprint density at radius 2 is 1.89 bits per heavy atom. The highest BCUT2D eigenvalue weighted by atomic mass is 16.5. The largest absolute Gasteiger partial charge is 0.494 e. The second-order valence-corrected chi connectivity index (χ2v) is 4.11. The molecular formula is C14H19NO4. The minimum Gasteiger partial charge on any atom is -0.494 e. The third kappa shape index (κ3) is 4.99. The van der Waals surface area contributed by atoms with Crippen molar-refractivity contribution in [3.05, 3.63) is 29.8 Å². The van der Waals surface area contributed by atoms with E-state index in [9.17, 15) is 9.59 Å². The van der Waals surface area contributed by atoms with Crippen LogP contribution in [-0.4, -0.2) is 31.6 Å². The Kier molecular flexibility index (Phi) is 5.85. The van der Waals surface area contributed by atoms with Crippen LogP contribution >= 0.6 is 0 Å². The number of esters is 1. The second-order valence-electron chi connectivity index (χ2n) is 4.11. The van der Waals surface area contributed by atoms with Gasteiger partial charge in [0.1, 0.15) is 5.75 Å². The number of hydrogen-bond donors (Lipinski definition) is 1. The van der Waals surface area contributed by atoms with Gasteiger partial charge in [-0.25, -0.2) is 0 Å². The molecule has 0 aliphatic carbocycles. The van der Waals surface area contributed by atoms with Crippen molar-refractivity contribution in [2.24, 2.45) is 0 Å². The normalized spacial score (nSPS) is 11.5. The van der Waals surface area contributed by atoms with Gasteiger partial charge in [-0.1, -0.05) is 0 Å². The fourth-order valence-corrected chi connectivity index (χ4v) is 1.56. The van der Waals surface area contributed by atoms with E-state index in [1.165, 1.54) is 7.11 Å². The molecule has 1 aromatic rings. The monoisotopic (exact) mass is 265 g/mol. The van der Waals surface area contributed by atoms with Crippen LogP contribution < -0.4 is 10.1 Å². The number of amides is 1. The standard InChI is InChI=1S/C14H19NO4/c1-4-19-12-7-5-11(6-8-12)14(17)15-10(2)9-13(16)18-3/h5-8,10H,4,9H2,1-3H3,(H,15,17). The highest BCUT2D eigenvalue weighted by Gasteiger charge is 2.13. The van der Waals surface area contributed by atoms with E-state index in [1.54, 1.807) is 31.2 Å². The summed E-state index contributed by atoms with van der Waals surface area (Å²) in [4.78, 5) is 23.0. The number of carbonyl (C=O) groups excluding carboxylic acids is 2. The van der Waals surface area contributed by atoms with Gasteiger partial charge in [0, 0.05) is 11.6 Å². The maximum Gasteiger partial charge on any atom is 0.307 e. The van der Waals surface area contributed by atoms with Gasteiger partial charge in [0.2, 0.25) is 0 Å². The molecule has 104 valence electrons. The van der Waals surface area contributed by atoms with Crippen LogP contribution in [0.3, 0.4) is 0 Å². The van der Waals surface area contributed by atoms with Gasteiger partial charge in [-0.3, -0.25) is 9.59 Å². The van der Waals surface area contributed by atoms with Crippen molar-refractivity contribution < 1.29 is 19.1 Å². The van der Waals surface area contributed by atoms with Crippen LogP contribution in [0.2, 0.25) is 0 Å². The highest BCUT2D eigenvalue weighted by Crippen LogP contribution is 2.12. The van der Waals surface area contributed by atoms with E-state index in [4.69, 9.17) is 4.74 Å². The average Bonchev–Trinajstić information content (AvgIpc) is 2.39. The van der Waals surface area contributed by atoms with E-state index in [-0.39, 0.29) is 24.3 Å². The van der Waals surface area contributed by atoms with Gasteiger partial charge in [-0.05, 0) is 38.1 Å². The zero-order valence-electron chi connectivity index (χ0n) is 11.4. The number of ether oxygens (including phenoxy) is 2. The minimum absolute atomic E-state index is 0.152. The predicted octanol–water partition coefficient (Wildman–Crippen LogP) is 1.77. The molecule has 1 atom stereocenters. The molecular weight excluding hydrogens is 246 g/mol. The molecule has 0 radical (unpaired) electrons. The lowest BCUT2D eigenvalue weighted by Gasteiger charge is -2.12. The number of benzene rings is 1. The summed E-state index contributed by atoms with van der Waals surface area (Å²) in [6, 6.07) is 6.58. The van der Waals surface area contributed by atoms with Crippen molar-refractivity contribution in [2.45, 2.75) is 26.3 Å². The molecule has 0 aliphatic rings. The van der Waals surface area contributed by atoms with Crippen LogP contribution in [0.25, 0.3) is 0 Å². The molecule has 0 aromatic heterocycles. The Morgan fingerprint density at radius 3 is 2.42 bits per heavy atom. The Hall–Kier alpha value is -2.04. The first-order chi connectivity index (χ1) is 9.06. The number of hydrogen-bond acceptors (Lipinski definition) is 4. The van der Waals surface area contributed by atoms with Gasteiger partial charge in [-0.15, -0.1) is 0 Å². The Labute approximate surface area is 112 Å². The lowest BCUT2D eigenvalue weighted by atomic mass is 10.1. The Balaban J connectivity index is 2.55. The van der Waals surface area contributed by atoms with E-state index >= 15 is 0 Å². The molecule has 0 aliphatic heterocycles. The molecule has 19 heavy (non-hydrogen) atoms. The van der Waals surface area contributed by atoms with Crippen molar-refractivity contribution in [1.29, 1.82) is 0 Å². The number of methoxy groups -OCH3 is 1. The highest BCUT2D eigenvalue weighted by molar-refractivity contribution is 5.94. The summed E-state index contributed by atoms with van der Waals surface area (Å²) in [5.74, 6) is 0.153. The van der Waals surface area contributed by atoms with E-state index in [2.05, 4.69) is 10.1 Å². The van der Waals surface area contributed by atoms with E-state index in [0.29, 0.717) is 12.2 Å². The van der Waals surface area contributed by atoms with E-state index in [1.807, 2.05) is 6.92 Å². The first-order valence-corrected chi connectivity index (χ1v) is 6.17. The molecule has 5 nitrogen and oxygen atoms in total. The van der Waals surface area contributed by atoms with E-state index in [0.717, 1.165) is 5.75 Å². The molecule has 0 fully saturated rings. The Morgan fingerprint density at radius 1 is 1.26 bits per heavy atom. The van der Waals surface area contributed by atoms with Gasteiger partial charge in [0.15, 0.2) is 0 Å². The van der Waals surface area contributed by atoms with Crippen LogP contribution in [-0.2, 0) is 9.53 Å². The first-order valence-electron chi connectivity index (χ1n) is 6.17. The van der Waals surface area contributed by atoms with Crippen LogP contribution in [0.15, 0.2) is 24.3 Å². The predicted molar refractivity (Wildman–Crippen MR) is 71.2 cm³/mol. The lowest BCUT2D eigenvalue weighted by molar-refractivity contribution is -0.141. The van der Waals surface area contributed by atoms with Gasteiger partial charge < -0.3 is 14.8 Å². The van der Waals surface area contributed by atoms with Gasteiger partial charge in [0.25, 0.3) is 5.91 Å². The molecule has 1 rings (SSSR count). The fraction of sp³-hybridized carbons (Fsp3) is 0.429. The summed E-state index contributed by atoms with van der Waals surface area (Å²) in [5, 5.41) is 2.73. The quantitative estimate of drug-likeness (QED) is 0.796. The molecule has 1 unspecified atom stereocenters. The smallest absolute Gasteiger partial charge is 0.307 e. The summed E-state index contributed by atoms with van der Waals surface area (Å²) in [6.07, 6.45) is 0.152. The van der Waals surface area contributed by atoms with Gasteiger partial charge in [-0.2, -0.15) is 0 Å². The summed E-state index contributed by atoms with van der Waals surface area (Å²) in [6.45, 7) is 4.24. The molecule has 5 heteroatoms. The van der Waals surface area contributed by atoms with Crippen LogP contribution in [0.5, 0.6) is 5.75 Å². The third-order valence-electron chi connectivity index (χ3n) is 2.51. The topological polar surface area (TPSA) is 64.6 Å². The number of nitrogens with one attached hydrogen (secondary N) is 1. The summed E-state index contributed by atoms with van der Waals surface area (Å²) in [7, 11) is 1.32. The van der Waals surface area contributed by atoms with Crippen molar-refractivity contribution in [1.82, 2.24) is 5.32 Å². The van der Waals surface area contributed by atoms with Crippen molar-refractivity contribution in [3.63, 3.8) is 0 Å². The van der Waals surface area contributed by atoms with Crippen molar-refractivity contribution >= 4 is 11.9 Å². The zero-order chi connectivity index (χ0) is 14.3. The summed E-state index contributed by atoms with van der Waals surface area (Å²) >= 11 is 0. The van der Waals surface area contributed by atoms with Crippen molar-refractivity contribution in [2.75, 3.05) is 13.7 Å². The molecule has 0 bridgehead atoms. The average molecular weight is 265 g/mol. The molecule has 1 aromatic carbocycles. The minimum atomic E-state index is -0.348. The second kappa shape index (κ2) is 7.41. The zero-order valence-corrected chi connectivity index (χ0v) is 11.4. The van der Waals surface area contributed by atoms with Crippen LogP contribution in [0, 0.1) is 0 Å². The molecule has 0 spiro atoms. The molecule has 1 amide bonds. The maximum absolute atomic E-state index is 11.9. The number of rotatable bonds is 6. The summed E-state index contributed by atoms with van der Waals surface area (Å²) < 4.78 is 9.84. The maximum atomic E-state index is 11.9. The molecule has 1 N–H and O–H groups in total. The third-order valence-corrected chi connectivity index (χ3v) is 2.51. The van der Waals surface area contributed by atoms with Crippen molar-refractivity contribution in [3.8, 4) is 5.75 Å². The molecule has 0 heterocycles. The van der Waals surface area contributed by atoms with Crippen LogP contribution in [0.4, 0.5) is 0 Å². The fourth-order valence-electron chi connectivity index (χ4n) is 1.56. The molecule has 0 saturated carbocycles. The van der Waals surface area contributed by atoms with Gasteiger partial charge >= 0.3 is 5.97 Å². The SMILES string of the molecule is CCOc1ccc(C(=O)NC(C)CC(=O)OC)cc1. The van der Waals surface area contributed by atoms with Crippen LogP contribution in [0.1, 0.15) is 30.6 Å². The molecule has 0 saturated heterocycles. The lowest BCUT2D eigenvalue weighted by Crippen LogP contribution is -2.34. The number of carbonyl (C=O) groups is 2.